The first-order chi connectivity index (χ1) is 14.1. The molecule has 1 aliphatic heterocycles. The molecule has 0 unspecified atom stereocenters. The van der Waals surface area contributed by atoms with Crippen molar-refractivity contribution in [2.24, 2.45) is 0 Å². The van der Waals surface area contributed by atoms with Gasteiger partial charge < -0.3 is 10.6 Å². The monoisotopic (exact) mass is 391 g/mol. The van der Waals surface area contributed by atoms with E-state index in [1.54, 1.807) is 0 Å². The third-order valence-corrected chi connectivity index (χ3v) is 5.84. The fraction of sp³-hybridized carbons (Fsp3) is 0.348. The molecule has 2 N–H and O–H groups in total. The van der Waals surface area contributed by atoms with Gasteiger partial charge in [0.2, 0.25) is 5.91 Å². The van der Waals surface area contributed by atoms with Gasteiger partial charge >= 0.3 is 6.03 Å². The summed E-state index contributed by atoms with van der Waals surface area (Å²) in [6, 6.07) is 18.8. The Balaban J connectivity index is 1.42. The lowest BCUT2D eigenvalue weighted by Crippen LogP contribution is -2.44. The van der Waals surface area contributed by atoms with Gasteiger partial charge in [-0.2, -0.15) is 0 Å². The van der Waals surface area contributed by atoms with Crippen LogP contribution in [0.3, 0.4) is 0 Å². The van der Waals surface area contributed by atoms with Crippen molar-refractivity contribution in [1.29, 1.82) is 0 Å². The van der Waals surface area contributed by atoms with E-state index in [0.29, 0.717) is 12.8 Å². The van der Waals surface area contributed by atoms with Crippen LogP contribution in [0.2, 0.25) is 0 Å². The van der Waals surface area contributed by atoms with Crippen LogP contribution >= 0.6 is 0 Å². The summed E-state index contributed by atoms with van der Waals surface area (Å²) in [4.78, 5) is 38.9. The Labute approximate surface area is 170 Å². The fourth-order valence-corrected chi connectivity index (χ4v) is 4.29. The summed E-state index contributed by atoms with van der Waals surface area (Å²) in [5.41, 5.74) is 1.23. The SMILES string of the molecule is O=C(CCN1C(=O)NC2(CCCC2)C1=O)NC(c1ccccc1)c1ccccc1. The summed E-state index contributed by atoms with van der Waals surface area (Å²) in [5.74, 6) is -0.383. The van der Waals surface area contributed by atoms with Crippen LogP contribution in [0.15, 0.2) is 60.7 Å². The Kier molecular flexibility index (Phi) is 5.34. The van der Waals surface area contributed by atoms with E-state index in [2.05, 4.69) is 10.6 Å². The molecule has 150 valence electrons. The van der Waals surface area contributed by atoms with E-state index < -0.39 is 5.54 Å². The van der Waals surface area contributed by atoms with Crippen molar-refractivity contribution in [2.45, 2.75) is 43.7 Å². The number of benzene rings is 2. The first-order valence-electron chi connectivity index (χ1n) is 10.1. The molecule has 0 radical (unpaired) electrons. The molecule has 4 rings (SSSR count). The first kappa shape index (κ1) is 19.2. The number of nitrogens with one attached hydrogen (secondary N) is 2. The van der Waals surface area contributed by atoms with Gasteiger partial charge in [-0.15, -0.1) is 0 Å². The van der Waals surface area contributed by atoms with Crippen molar-refractivity contribution in [2.75, 3.05) is 6.54 Å². The number of urea groups is 1. The summed E-state index contributed by atoms with van der Waals surface area (Å²) >= 11 is 0. The van der Waals surface area contributed by atoms with E-state index in [1.165, 1.54) is 4.90 Å². The van der Waals surface area contributed by atoms with Gasteiger partial charge in [0, 0.05) is 13.0 Å². The predicted molar refractivity (Wildman–Crippen MR) is 109 cm³/mol. The lowest BCUT2D eigenvalue weighted by molar-refractivity contribution is -0.131. The molecule has 2 fully saturated rings. The highest BCUT2D eigenvalue weighted by Crippen LogP contribution is 2.35. The standard InChI is InChI=1S/C23H25N3O3/c27-19(13-16-26-21(28)23(25-22(26)29)14-7-8-15-23)24-20(17-9-3-1-4-10-17)18-11-5-2-6-12-18/h1-6,9-12,20H,7-8,13-16H2,(H,24,27)(H,25,29). The molecule has 6 heteroatoms. The van der Waals surface area contributed by atoms with Gasteiger partial charge in [-0.1, -0.05) is 73.5 Å². The summed E-state index contributed by atoms with van der Waals surface area (Å²) in [5, 5.41) is 5.91. The number of carbonyl (C=O) groups is 3. The van der Waals surface area contributed by atoms with E-state index in [1.807, 2.05) is 60.7 Å². The van der Waals surface area contributed by atoms with E-state index >= 15 is 0 Å². The van der Waals surface area contributed by atoms with Crippen LogP contribution in [0.4, 0.5) is 4.79 Å². The molecule has 1 heterocycles. The Morgan fingerprint density at radius 1 is 0.966 bits per heavy atom. The second-order valence-electron chi connectivity index (χ2n) is 7.75. The number of imide groups is 1. The molecule has 0 aromatic heterocycles. The zero-order valence-corrected chi connectivity index (χ0v) is 16.3. The third-order valence-electron chi connectivity index (χ3n) is 5.84. The van der Waals surface area contributed by atoms with Gasteiger partial charge in [0.15, 0.2) is 0 Å². The molecule has 2 aromatic rings. The molecule has 1 saturated heterocycles. The van der Waals surface area contributed by atoms with Crippen molar-refractivity contribution in [3.05, 3.63) is 71.8 Å². The minimum absolute atomic E-state index is 0.0748. The lowest BCUT2D eigenvalue weighted by atomic mass is 9.98. The van der Waals surface area contributed by atoms with Gasteiger partial charge in [-0.25, -0.2) is 4.79 Å². The van der Waals surface area contributed by atoms with Gasteiger partial charge in [0.25, 0.3) is 5.91 Å². The molecule has 29 heavy (non-hydrogen) atoms. The number of hydrogen-bond donors (Lipinski definition) is 2. The molecular formula is C23H25N3O3. The second kappa shape index (κ2) is 8.07. The average Bonchev–Trinajstić information content (AvgIpc) is 3.31. The highest BCUT2D eigenvalue weighted by molar-refractivity contribution is 6.07. The summed E-state index contributed by atoms with van der Waals surface area (Å²) in [6.07, 6.45) is 3.33. The third kappa shape index (κ3) is 3.88. The molecule has 4 amide bonds. The van der Waals surface area contributed by atoms with E-state index in [9.17, 15) is 14.4 Å². The van der Waals surface area contributed by atoms with Crippen LogP contribution in [0.1, 0.15) is 49.3 Å². The predicted octanol–water partition coefficient (Wildman–Crippen LogP) is 3.15. The van der Waals surface area contributed by atoms with E-state index in [4.69, 9.17) is 0 Å². The van der Waals surface area contributed by atoms with Gasteiger partial charge in [-0.05, 0) is 24.0 Å². The van der Waals surface area contributed by atoms with Gasteiger partial charge in [-0.3, -0.25) is 14.5 Å². The topological polar surface area (TPSA) is 78.5 Å². The van der Waals surface area contributed by atoms with E-state index in [-0.39, 0.29) is 36.9 Å². The van der Waals surface area contributed by atoms with Gasteiger partial charge in [0.05, 0.1) is 6.04 Å². The highest BCUT2D eigenvalue weighted by Gasteiger charge is 2.52. The zero-order chi connectivity index (χ0) is 20.3. The van der Waals surface area contributed by atoms with Crippen molar-refractivity contribution >= 4 is 17.8 Å². The van der Waals surface area contributed by atoms with Crippen LogP contribution in [-0.2, 0) is 9.59 Å². The molecule has 2 aromatic carbocycles. The number of carbonyl (C=O) groups excluding carboxylic acids is 3. The first-order valence-corrected chi connectivity index (χ1v) is 10.1. The Morgan fingerprint density at radius 3 is 2.07 bits per heavy atom. The van der Waals surface area contributed by atoms with E-state index in [0.717, 1.165) is 24.0 Å². The molecule has 2 aliphatic rings. The number of nitrogens with zero attached hydrogens (tertiary/aromatic N) is 1. The molecule has 6 nitrogen and oxygen atoms in total. The van der Waals surface area contributed by atoms with Gasteiger partial charge in [0.1, 0.15) is 5.54 Å². The van der Waals surface area contributed by atoms with Crippen LogP contribution < -0.4 is 10.6 Å². The number of rotatable bonds is 6. The molecular weight excluding hydrogens is 366 g/mol. The smallest absolute Gasteiger partial charge is 0.325 e. The normalized spacial score (nSPS) is 17.8. The minimum atomic E-state index is -0.732. The van der Waals surface area contributed by atoms with Crippen LogP contribution in [0.25, 0.3) is 0 Å². The quantitative estimate of drug-likeness (QED) is 0.743. The van der Waals surface area contributed by atoms with Crippen molar-refractivity contribution in [3.8, 4) is 0 Å². The largest absolute Gasteiger partial charge is 0.345 e. The summed E-state index contributed by atoms with van der Waals surface area (Å²) < 4.78 is 0. The molecule has 1 spiro atoms. The second-order valence-corrected chi connectivity index (χ2v) is 7.75. The molecule has 0 bridgehead atoms. The van der Waals surface area contributed by atoms with Crippen LogP contribution in [-0.4, -0.2) is 34.8 Å². The summed E-state index contributed by atoms with van der Waals surface area (Å²) in [6.45, 7) is 0.0918. The fourth-order valence-electron chi connectivity index (χ4n) is 4.29. The van der Waals surface area contributed by atoms with Crippen molar-refractivity contribution < 1.29 is 14.4 Å². The maximum atomic E-state index is 12.7. The van der Waals surface area contributed by atoms with Crippen molar-refractivity contribution in [3.63, 3.8) is 0 Å². The molecule has 1 saturated carbocycles. The van der Waals surface area contributed by atoms with Crippen LogP contribution in [0.5, 0.6) is 0 Å². The average molecular weight is 391 g/mol. The highest BCUT2D eigenvalue weighted by atomic mass is 16.2. The summed E-state index contributed by atoms with van der Waals surface area (Å²) in [7, 11) is 0. The Morgan fingerprint density at radius 2 is 1.52 bits per heavy atom. The zero-order valence-electron chi connectivity index (χ0n) is 16.3. The van der Waals surface area contributed by atoms with Crippen molar-refractivity contribution in [1.82, 2.24) is 15.5 Å². The Bertz CT molecular complexity index is 853. The minimum Gasteiger partial charge on any atom is -0.345 e. The lowest BCUT2D eigenvalue weighted by Gasteiger charge is -2.21. The number of amides is 4. The Hall–Kier alpha value is -3.15. The molecule has 0 atom stereocenters. The van der Waals surface area contributed by atoms with Crippen LogP contribution in [0, 0.1) is 0 Å². The maximum Gasteiger partial charge on any atom is 0.325 e. The maximum absolute atomic E-state index is 12.7. The number of hydrogen-bond acceptors (Lipinski definition) is 3. The molecule has 1 aliphatic carbocycles.